The standard InChI is InChI=1S/C16H15N3O2/c17-9-13-10-19(5-6-21-13)16(20)14-7-11-3-1-2-4-12(11)8-15(14)18/h1-4,7-8,13H,5-6,10,18H2. The first kappa shape index (κ1) is 13.4. The molecule has 0 bridgehead atoms. The number of carbonyl (C=O) groups is 1. The van der Waals surface area contributed by atoms with Gasteiger partial charge in [0.25, 0.3) is 5.91 Å². The number of nitrogens with zero attached hydrogens (tertiary/aromatic N) is 2. The molecule has 0 saturated carbocycles. The quantitative estimate of drug-likeness (QED) is 0.808. The van der Waals surface area contributed by atoms with Crippen molar-refractivity contribution < 1.29 is 9.53 Å². The summed E-state index contributed by atoms with van der Waals surface area (Å²) in [7, 11) is 0. The fourth-order valence-electron chi connectivity index (χ4n) is 2.53. The third-order valence-corrected chi connectivity index (χ3v) is 3.65. The zero-order valence-electron chi connectivity index (χ0n) is 11.5. The third kappa shape index (κ3) is 2.54. The van der Waals surface area contributed by atoms with E-state index in [0.717, 1.165) is 10.8 Å². The molecule has 1 atom stereocenters. The number of nitrogen functional groups attached to an aromatic ring is 1. The van der Waals surface area contributed by atoms with E-state index >= 15 is 0 Å². The first-order valence-corrected chi connectivity index (χ1v) is 6.78. The summed E-state index contributed by atoms with van der Waals surface area (Å²) in [6.07, 6.45) is -0.565. The van der Waals surface area contributed by atoms with Crippen LogP contribution >= 0.6 is 0 Å². The summed E-state index contributed by atoms with van der Waals surface area (Å²) in [6, 6.07) is 13.4. The summed E-state index contributed by atoms with van der Waals surface area (Å²) >= 11 is 0. The van der Waals surface area contributed by atoms with Crippen LogP contribution in [0.1, 0.15) is 10.4 Å². The molecule has 2 aromatic carbocycles. The maximum Gasteiger partial charge on any atom is 0.256 e. The minimum Gasteiger partial charge on any atom is -0.398 e. The van der Waals surface area contributed by atoms with Crippen LogP contribution in [-0.4, -0.2) is 36.6 Å². The normalized spacial score (nSPS) is 18.4. The second-order valence-corrected chi connectivity index (χ2v) is 5.03. The van der Waals surface area contributed by atoms with Gasteiger partial charge in [-0.05, 0) is 22.9 Å². The Bertz CT molecular complexity index is 736. The van der Waals surface area contributed by atoms with Crippen molar-refractivity contribution in [2.24, 2.45) is 0 Å². The van der Waals surface area contributed by atoms with E-state index < -0.39 is 6.10 Å². The van der Waals surface area contributed by atoms with E-state index in [0.29, 0.717) is 24.4 Å². The number of anilines is 1. The van der Waals surface area contributed by atoms with E-state index in [9.17, 15) is 4.79 Å². The lowest BCUT2D eigenvalue weighted by molar-refractivity contribution is 0.00352. The number of rotatable bonds is 1. The first-order chi connectivity index (χ1) is 10.2. The second kappa shape index (κ2) is 5.43. The largest absolute Gasteiger partial charge is 0.398 e. The second-order valence-electron chi connectivity index (χ2n) is 5.03. The molecule has 2 N–H and O–H groups in total. The van der Waals surface area contributed by atoms with Gasteiger partial charge in [-0.1, -0.05) is 24.3 Å². The fourth-order valence-corrected chi connectivity index (χ4v) is 2.53. The molecule has 1 unspecified atom stereocenters. The maximum absolute atomic E-state index is 12.6. The lowest BCUT2D eigenvalue weighted by Gasteiger charge is -2.30. The summed E-state index contributed by atoms with van der Waals surface area (Å²) < 4.78 is 5.26. The predicted octanol–water partition coefficient (Wildman–Crippen LogP) is 1.79. The number of fused-ring (bicyclic) bond motifs is 1. The molecule has 0 aromatic heterocycles. The Balaban J connectivity index is 1.94. The highest BCUT2D eigenvalue weighted by atomic mass is 16.5. The summed E-state index contributed by atoms with van der Waals surface area (Å²) in [5.74, 6) is -0.151. The molecule has 3 rings (SSSR count). The van der Waals surface area contributed by atoms with E-state index in [1.807, 2.05) is 42.5 Å². The summed E-state index contributed by atoms with van der Waals surface area (Å²) in [6.45, 7) is 1.13. The van der Waals surface area contributed by atoms with Crippen molar-refractivity contribution in [3.8, 4) is 6.07 Å². The Hall–Kier alpha value is -2.58. The van der Waals surface area contributed by atoms with Gasteiger partial charge >= 0.3 is 0 Å². The molecule has 1 fully saturated rings. The molecule has 1 saturated heterocycles. The van der Waals surface area contributed by atoms with Gasteiger partial charge in [0, 0.05) is 12.2 Å². The molecule has 0 radical (unpaired) electrons. The molecule has 106 valence electrons. The maximum atomic E-state index is 12.6. The first-order valence-electron chi connectivity index (χ1n) is 6.78. The van der Waals surface area contributed by atoms with Gasteiger partial charge in [-0.15, -0.1) is 0 Å². The average Bonchev–Trinajstić information content (AvgIpc) is 2.53. The number of nitriles is 1. The topological polar surface area (TPSA) is 79.4 Å². The number of amides is 1. The average molecular weight is 281 g/mol. The van der Waals surface area contributed by atoms with Crippen LogP contribution in [0.15, 0.2) is 36.4 Å². The number of hydrogen-bond donors (Lipinski definition) is 1. The molecule has 0 spiro atoms. The molecule has 1 aliphatic rings. The molecular weight excluding hydrogens is 266 g/mol. The minimum absolute atomic E-state index is 0.151. The van der Waals surface area contributed by atoms with Gasteiger partial charge in [-0.25, -0.2) is 0 Å². The summed E-state index contributed by atoms with van der Waals surface area (Å²) in [5.41, 5.74) is 6.95. The molecule has 5 nitrogen and oxygen atoms in total. The van der Waals surface area contributed by atoms with Gasteiger partial charge in [0.05, 0.1) is 24.8 Å². The Morgan fingerprint density at radius 1 is 1.33 bits per heavy atom. The zero-order chi connectivity index (χ0) is 14.8. The molecule has 21 heavy (non-hydrogen) atoms. The van der Waals surface area contributed by atoms with Gasteiger partial charge in [0.2, 0.25) is 0 Å². The van der Waals surface area contributed by atoms with Crippen LogP contribution in [0.4, 0.5) is 5.69 Å². The Kier molecular flexibility index (Phi) is 3.46. The number of hydrogen-bond acceptors (Lipinski definition) is 4. The predicted molar refractivity (Wildman–Crippen MR) is 79.6 cm³/mol. The molecule has 2 aromatic rings. The Morgan fingerprint density at radius 2 is 2.05 bits per heavy atom. The van der Waals surface area contributed by atoms with Crippen molar-refractivity contribution in [3.63, 3.8) is 0 Å². The minimum atomic E-state index is -0.565. The fraction of sp³-hybridized carbons (Fsp3) is 0.250. The highest BCUT2D eigenvalue weighted by molar-refractivity contribution is 6.04. The smallest absolute Gasteiger partial charge is 0.256 e. The summed E-state index contributed by atoms with van der Waals surface area (Å²) in [4.78, 5) is 14.2. The van der Waals surface area contributed by atoms with Crippen LogP contribution in [0, 0.1) is 11.3 Å². The Morgan fingerprint density at radius 3 is 2.76 bits per heavy atom. The number of carbonyl (C=O) groups excluding carboxylic acids is 1. The SMILES string of the molecule is N#CC1CN(C(=O)c2cc3ccccc3cc2N)CCO1. The highest BCUT2D eigenvalue weighted by Gasteiger charge is 2.26. The highest BCUT2D eigenvalue weighted by Crippen LogP contribution is 2.23. The van der Waals surface area contributed by atoms with Crippen LogP contribution in [0.5, 0.6) is 0 Å². The van der Waals surface area contributed by atoms with Gasteiger partial charge < -0.3 is 15.4 Å². The van der Waals surface area contributed by atoms with E-state index in [2.05, 4.69) is 0 Å². The van der Waals surface area contributed by atoms with Crippen molar-refractivity contribution in [2.45, 2.75) is 6.10 Å². The third-order valence-electron chi connectivity index (χ3n) is 3.65. The van der Waals surface area contributed by atoms with Gasteiger partial charge in [0.15, 0.2) is 6.10 Å². The van der Waals surface area contributed by atoms with Gasteiger partial charge in [-0.2, -0.15) is 5.26 Å². The van der Waals surface area contributed by atoms with Crippen LogP contribution in [-0.2, 0) is 4.74 Å². The van der Waals surface area contributed by atoms with E-state index in [-0.39, 0.29) is 12.5 Å². The lowest BCUT2D eigenvalue weighted by Crippen LogP contribution is -2.45. The molecular formula is C16H15N3O2. The summed E-state index contributed by atoms with van der Waals surface area (Å²) in [5, 5.41) is 10.9. The van der Waals surface area contributed by atoms with Gasteiger partial charge in [0.1, 0.15) is 0 Å². The van der Waals surface area contributed by atoms with Crippen molar-refractivity contribution in [3.05, 3.63) is 42.0 Å². The van der Waals surface area contributed by atoms with Crippen molar-refractivity contribution in [1.29, 1.82) is 5.26 Å². The van der Waals surface area contributed by atoms with E-state index in [1.54, 1.807) is 4.90 Å². The monoisotopic (exact) mass is 281 g/mol. The molecule has 1 heterocycles. The number of ether oxygens (including phenoxy) is 1. The van der Waals surface area contributed by atoms with Gasteiger partial charge in [-0.3, -0.25) is 4.79 Å². The number of nitrogens with two attached hydrogens (primary N) is 1. The Labute approximate surface area is 122 Å². The number of morpholine rings is 1. The zero-order valence-corrected chi connectivity index (χ0v) is 11.5. The van der Waals surface area contributed by atoms with E-state index in [4.69, 9.17) is 15.7 Å². The molecule has 0 aliphatic carbocycles. The molecule has 1 amide bonds. The van der Waals surface area contributed by atoms with Crippen molar-refractivity contribution in [2.75, 3.05) is 25.4 Å². The van der Waals surface area contributed by atoms with E-state index in [1.165, 1.54) is 0 Å². The number of benzene rings is 2. The van der Waals surface area contributed by atoms with Crippen LogP contribution in [0.25, 0.3) is 10.8 Å². The molecule has 1 aliphatic heterocycles. The van der Waals surface area contributed by atoms with Crippen LogP contribution in [0.2, 0.25) is 0 Å². The van der Waals surface area contributed by atoms with Crippen LogP contribution < -0.4 is 5.73 Å². The lowest BCUT2D eigenvalue weighted by atomic mass is 10.0. The van der Waals surface area contributed by atoms with Crippen molar-refractivity contribution in [1.82, 2.24) is 4.90 Å². The van der Waals surface area contributed by atoms with Crippen molar-refractivity contribution >= 4 is 22.4 Å². The van der Waals surface area contributed by atoms with Crippen LogP contribution in [0.3, 0.4) is 0 Å². The molecule has 5 heteroatoms.